The lowest BCUT2D eigenvalue weighted by atomic mass is 9.66. The molecule has 0 heterocycles. The standard InChI is InChI=1S/C15H28Si2/c1-16(2,3)15(17(4,5)6)10-13-11-7-8-12(9-11)14(13)15/h7-8,11-14H,9-10H2,1-6H3/t11-,12+,13+,14-/m1/s1. The van der Waals surface area contributed by atoms with Gasteiger partial charge < -0.3 is 0 Å². The van der Waals surface area contributed by atoms with Crippen LogP contribution >= 0.6 is 0 Å². The summed E-state index contributed by atoms with van der Waals surface area (Å²) in [4.78, 5) is 0. The van der Waals surface area contributed by atoms with Crippen LogP contribution in [0.1, 0.15) is 12.8 Å². The summed E-state index contributed by atoms with van der Waals surface area (Å²) >= 11 is 0. The molecule has 0 saturated heterocycles. The van der Waals surface area contributed by atoms with E-state index in [-0.39, 0.29) is 0 Å². The second-order valence-corrected chi connectivity index (χ2v) is 20.1. The van der Waals surface area contributed by atoms with Crippen molar-refractivity contribution < 1.29 is 0 Å². The maximum atomic E-state index is 2.65. The van der Waals surface area contributed by atoms with E-state index in [1.807, 2.05) is 0 Å². The zero-order valence-electron chi connectivity index (χ0n) is 12.4. The van der Waals surface area contributed by atoms with Crippen LogP contribution in [0.15, 0.2) is 12.2 Å². The second kappa shape index (κ2) is 3.19. The summed E-state index contributed by atoms with van der Waals surface area (Å²) in [6.07, 6.45) is 8.23. The van der Waals surface area contributed by atoms with E-state index in [0.29, 0.717) is 0 Å². The third-order valence-corrected chi connectivity index (χ3v) is 17.4. The molecule has 96 valence electrons. The zero-order valence-corrected chi connectivity index (χ0v) is 14.4. The van der Waals surface area contributed by atoms with Gasteiger partial charge in [-0.1, -0.05) is 51.4 Å². The van der Waals surface area contributed by atoms with Gasteiger partial charge in [-0.2, -0.15) is 0 Å². The van der Waals surface area contributed by atoms with Crippen LogP contribution in [0, 0.1) is 23.7 Å². The van der Waals surface area contributed by atoms with Gasteiger partial charge in [-0.05, 0) is 41.2 Å². The second-order valence-electron chi connectivity index (χ2n) is 8.81. The topological polar surface area (TPSA) is 0 Å². The Labute approximate surface area is 109 Å². The Morgan fingerprint density at radius 1 is 0.882 bits per heavy atom. The number of fused-ring (bicyclic) bond motifs is 5. The Balaban J connectivity index is 2.03. The molecule has 0 nitrogen and oxygen atoms in total. The first-order valence-corrected chi connectivity index (χ1v) is 14.4. The number of allylic oxidation sites excluding steroid dienone is 2. The van der Waals surface area contributed by atoms with Gasteiger partial charge >= 0.3 is 0 Å². The van der Waals surface area contributed by atoms with Gasteiger partial charge in [-0.3, -0.25) is 0 Å². The predicted molar refractivity (Wildman–Crippen MR) is 81.7 cm³/mol. The molecule has 3 aliphatic rings. The lowest BCUT2D eigenvalue weighted by Crippen LogP contribution is -2.67. The highest BCUT2D eigenvalue weighted by molar-refractivity contribution is 6.99. The fourth-order valence-electron chi connectivity index (χ4n) is 6.02. The first-order chi connectivity index (χ1) is 7.68. The largest absolute Gasteiger partial charge is 0.0848 e. The Bertz CT molecular complexity index is 355. The highest BCUT2D eigenvalue weighted by atomic mass is 28.4. The summed E-state index contributed by atoms with van der Waals surface area (Å²) in [6.45, 7) is 15.9. The Kier molecular flexibility index (Phi) is 2.29. The molecule has 17 heavy (non-hydrogen) atoms. The summed E-state index contributed by atoms with van der Waals surface area (Å²) in [5, 5.41) is 0. The van der Waals surface area contributed by atoms with Crippen molar-refractivity contribution in [2.75, 3.05) is 0 Å². The minimum absolute atomic E-state index is 0.828. The van der Waals surface area contributed by atoms with Gasteiger partial charge in [-0.25, -0.2) is 0 Å². The predicted octanol–water partition coefficient (Wildman–Crippen LogP) is 4.78. The van der Waals surface area contributed by atoms with Crippen molar-refractivity contribution in [2.45, 2.75) is 56.8 Å². The normalized spacial score (nSPS) is 42.5. The molecule has 0 N–H and O–H groups in total. The van der Waals surface area contributed by atoms with Gasteiger partial charge in [0.25, 0.3) is 0 Å². The molecule has 4 atom stereocenters. The molecule has 0 spiro atoms. The van der Waals surface area contributed by atoms with Gasteiger partial charge in [0.05, 0.1) is 0 Å². The van der Waals surface area contributed by atoms with Gasteiger partial charge in [0.1, 0.15) is 0 Å². The average Bonchev–Trinajstić information content (AvgIpc) is 2.53. The van der Waals surface area contributed by atoms with Gasteiger partial charge in [0.15, 0.2) is 0 Å². The first kappa shape index (κ1) is 12.2. The van der Waals surface area contributed by atoms with Crippen molar-refractivity contribution in [3.63, 3.8) is 0 Å². The number of hydrogen-bond acceptors (Lipinski definition) is 0. The molecular weight excluding hydrogens is 236 g/mol. The van der Waals surface area contributed by atoms with E-state index in [1.165, 1.54) is 6.42 Å². The summed E-state index contributed by atoms with van der Waals surface area (Å²) in [5.74, 6) is 4.13. The van der Waals surface area contributed by atoms with Crippen LogP contribution in [0.4, 0.5) is 0 Å². The van der Waals surface area contributed by atoms with Gasteiger partial charge in [0, 0.05) is 16.1 Å². The van der Waals surface area contributed by atoms with Crippen molar-refractivity contribution in [3.05, 3.63) is 12.2 Å². The molecular formula is C15H28Si2. The van der Waals surface area contributed by atoms with Crippen molar-refractivity contribution >= 4 is 16.1 Å². The average molecular weight is 265 g/mol. The van der Waals surface area contributed by atoms with Gasteiger partial charge in [-0.15, -0.1) is 0 Å². The van der Waals surface area contributed by atoms with Crippen molar-refractivity contribution in [3.8, 4) is 0 Å². The summed E-state index contributed by atoms with van der Waals surface area (Å²) in [6, 6.07) is 0. The Morgan fingerprint density at radius 3 is 1.88 bits per heavy atom. The van der Waals surface area contributed by atoms with Crippen molar-refractivity contribution in [2.24, 2.45) is 23.7 Å². The van der Waals surface area contributed by atoms with E-state index in [1.54, 1.807) is 6.42 Å². The molecule has 0 aromatic heterocycles. The van der Waals surface area contributed by atoms with Crippen LogP contribution in [0.5, 0.6) is 0 Å². The van der Waals surface area contributed by atoms with Crippen LogP contribution in [-0.4, -0.2) is 16.1 Å². The number of rotatable bonds is 2. The van der Waals surface area contributed by atoms with E-state index >= 15 is 0 Å². The molecule has 0 aliphatic heterocycles. The maximum Gasteiger partial charge on any atom is 0.0482 e. The molecule has 2 heteroatoms. The SMILES string of the molecule is C[Si](C)(C)C1([Si](C)(C)C)C[C@@H]2[C@H]1[C@H]1C=C[C@@H]2C1. The molecule has 0 aromatic rings. The summed E-state index contributed by atoms with van der Waals surface area (Å²) in [7, 11) is -2.11. The van der Waals surface area contributed by atoms with E-state index in [0.717, 1.165) is 28.3 Å². The summed E-state index contributed by atoms with van der Waals surface area (Å²) in [5.41, 5.74) is 0. The highest BCUT2D eigenvalue weighted by Crippen LogP contribution is 2.76. The fraction of sp³-hybridized carbons (Fsp3) is 0.867. The monoisotopic (exact) mass is 264 g/mol. The minimum atomic E-state index is -1.06. The molecule has 0 aromatic carbocycles. The lowest BCUT2D eigenvalue weighted by Gasteiger charge is -2.67. The van der Waals surface area contributed by atoms with Crippen LogP contribution in [-0.2, 0) is 0 Å². The van der Waals surface area contributed by atoms with Crippen LogP contribution in [0.2, 0.25) is 43.9 Å². The third kappa shape index (κ3) is 1.29. The van der Waals surface area contributed by atoms with Crippen LogP contribution < -0.4 is 0 Å². The van der Waals surface area contributed by atoms with E-state index in [9.17, 15) is 0 Å². The molecule has 2 fully saturated rings. The number of hydrogen-bond donors (Lipinski definition) is 0. The molecule has 3 rings (SSSR count). The lowest BCUT2D eigenvalue weighted by molar-refractivity contribution is 0.120. The molecule has 3 aliphatic carbocycles. The fourth-order valence-corrected chi connectivity index (χ4v) is 19.6. The Morgan fingerprint density at radius 2 is 1.41 bits per heavy atom. The van der Waals surface area contributed by atoms with Crippen LogP contribution in [0.3, 0.4) is 0 Å². The third-order valence-electron chi connectivity index (χ3n) is 6.43. The van der Waals surface area contributed by atoms with Crippen molar-refractivity contribution in [1.82, 2.24) is 0 Å². The summed E-state index contributed by atoms with van der Waals surface area (Å²) < 4.78 is 0.828. The quantitative estimate of drug-likeness (QED) is 0.497. The molecule has 0 unspecified atom stereocenters. The molecule has 2 saturated carbocycles. The molecule has 2 bridgehead atoms. The molecule has 0 radical (unpaired) electrons. The first-order valence-electron chi connectivity index (χ1n) is 7.37. The Hall–Kier alpha value is 0.174. The van der Waals surface area contributed by atoms with Crippen molar-refractivity contribution in [1.29, 1.82) is 0 Å². The smallest absolute Gasteiger partial charge is 0.0482 e. The van der Waals surface area contributed by atoms with E-state index in [4.69, 9.17) is 0 Å². The van der Waals surface area contributed by atoms with Gasteiger partial charge in [0.2, 0.25) is 0 Å². The zero-order chi connectivity index (χ0) is 12.6. The highest BCUT2D eigenvalue weighted by Gasteiger charge is 2.70. The molecule has 0 amide bonds. The van der Waals surface area contributed by atoms with Crippen LogP contribution in [0.25, 0.3) is 0 Å². The van der Waals surface area contributed by atoms with E-state index in [2.05, 4.69) is 51.4 Å². The van der Waals surface area contributed by atoms with E-state index < -0.39 is 16.1 Å². The minimum Gasteiger partial charge on any atom is -0.0848 e. The maximum absolute atomic E-state index is 2.65.